The van der Waals surface area contributed by atoms with Gasteiger partial charge in [0, 0.05) is 12.6 Å². The van der Waals surface area contributed by atoms with Crippen LogP contribution in [0.25, 0.3) is 0 Å². The topological polar surface area (TPSA) is 70.6 Å². The summed E-state index contributed by atoms with van der Waals surface area (Å²) in [6.45, 7) is 6.43. The molecule has 0 bridgehead atoms. The van der Waals surface area contributed by atoms with E-state index in [2.05, 4.69) is 10.6 Å². The Balaban J connectivity index is 2.26. The first-order chi connectivity index (χ1) is 10.0. The number of hydrogen-bond acceptors (Lipinski definition) is 3. The summed E-state index contributed by atoms with van der Waals surface area (Å²) in [7, 11) is 0. The number of benzene rings is 1. The van der Waals surface area contributed by atoms with E-state index in [1.165, 1.54) is 0 Å². The van der Waals surface area contributed by atoms with E-state index in [-0.39, 0.29) is 24.8 Å². The normalized spacial score (nSPS) is 13.3. The van der Waals surface area contributed by atoms with Gasteiger partial charge in [-0.25, -0.2) is 4.79 Å². The smallest absolute Gasteiger partial charge is 0.315 e. The first-order valence-corrected chi connectivity index (χ1v) is 7.39. The van der Waals surface area contributed by atoms with Crippen molar-refractivity contribution >= 4 is 6.03 Å². The van der Waals surface area contributed by atoms with Gasteiger partial charge >= 0.3 is 6.03 Å². The third-order valence-electron chi connectivity index (χ3n) is 3.05. The summed E-state index contributed by atoms with van der Waals surface area (Å²) in [5, 5.41) is 14.4. The van der Waals surface area contributed by atoms with Gasteiger partial charge in [-0.1, -0.05) is 12.1 Å². The average molecular weight is 294 g/mol. The highest BCUT2D eigenvalue weighted by Crippen LogP contribution is 2.13. The zero-order valence-electron chi connectivity index (χ0n) is 13.1. The van der Waals surface area contributed by atoms with Gasteiger partial charge in [0.25, 0.3) is 0 Å². The summed E-state index contributed by atoms with van der Waals surface area (Å²) in [4.78, 5) is 11.7. The molecule has 0 aromatic heterocycles. The average Bonchev–Trinajstić information content (AvgIpc) is 2.43. The molecule has 0 spiro atoms. The molecule has 118 valence electrons. The van der Waals surface area contributed by atoms with E-state index in [9.17, 15) is 4.79 Å². The highest BCUT2D eigenvalue weighted by atomic mass is 16.5. The van der Waals surface area contributed by atoms with Crippen LogP contribution < -0.4 is 15.4 Å². The second-order valence-corrected chi connectivity index (χ2v) is 5.37. The van der Waals surface area contributed by atoms with Crippen molar-refractivity contribution in [2.45, 2.75) is 45.8 Å². The van der Waals surface area contributed by atoms with E-state index in [4.69, 9.17) is 9.84 Å². The van der Waals surface area contributed by atoms with Crippen LogP contribution in [0.5, 0.6) is 5.75 Å². The summed E-state index contributed by atoms with van der Waals surface area (Å²) in [6, 6.07) is 7.66. The summed E-state index contributed by atoms with van der Waals surface area (Å²) in [5.74, 6) is 0.807. The molecule has 1 rings (SSSR count). The van der Waals surface area contributed by atoms with Crippen LogP contribution in [0.1, 0.15) is 32.3 Å². The molecule has 0 fully saturated rings. The Labute approximate surface area is 126 Å². The maximum Gasteiger partial charge on any atom is 0.315 e. The molecule has 0 aliphatic carbocycles. The lowest BCUT2D eigenvalue weighted by molar-refractivity contribution is 0.205. The Bertz CT molecular complexity index is 437. The number of amides is 2. The molecule has 1 aromatic rings. The Morgan fingerprint density at radius 2 is 2.14 bits per heavy atom. The molecule has 1 aromatic carbocycles. The van der Waals surface area contributed by atoms with Crippen molar-refractivity contribution in [2.75, 3.05) is 13.2 Å². The Kier molecular flexibility index (Phi) is 7.61. The van der Waals surface area contributed by atoms with Gasteiger partial charge in [-0.2, -0.15) is 0 Å². The van der Waals surface area contributed by atoms with Crippen LogP contribution >= 0.6 is 0 Å². The molecule has 0 saturated carbocycles. The van der Waals surface area contributed by atoms with E-state index in [0.29, 0.717) is 13.0 Å². The van der Waals surface area contributed by atoms with Crippen LogP contribution in [0.4, 0.5) is 4.79 Å². The summed E-state index contributed by atoms with van der Waals surface area (Å²) in [6.07, 6.45) is 1.35. The first-order valence-electron chi connectivity index (χ1n) is 7.39. The molecule has 5 heteroatoms. The molecule has 21 heavy (non-hydrogen) atoms. The molecular formula is C16H26N2O3. The van der Waals surface area contributed by atoms with Crippen LogP contribution in [0.15, 0.2) is 24.3 Å². The maximum atomic E-state index is 11.7. The number of carbonyl (C=O) groups excluding carboxylic acids is 1. The number of ether oxygens (including phenoxy) is 1. The zero-order chi connectivity index (χ0) is 15.7. The molecule has 0 aliphatic rings. The van der Waals surface area contributed by atoms with E-state index in [0.717, 1.165) is 17.7 Å². The Hall–Kier alpha value is -1.75. The van der Waals surface area contributed by atoms with Gasteiger partial charge in [0.05, 0.1) is 6.54 Å². The molecule has 0 aliphatic heterocycles. The molecule has 2 unspecified atom stereocenters. The highest BCUT2D eigenvalue weighted by Gasteiger charge is 2.09. The van der Waals surface area contributed by atoms with Crippen LogP contribution in [-0.2, 0) is 0 Å². The monoisotopic (exact) mass is 294 g/mol. The largest absolute Gasteiger partial charge is 0.489 e. The number of nitrogens with one attached hydrogen (secondary N) is 2. The highest BCUT2D eigenvalue weighted by molar-refractivity contribution is 5.74. The van der Waals surface area contributed by atoms with Crippen molar-refractivity contribution in [1.82, 2.24) is 10.6 Å². The molecule has 0 radical (unpaired) electrons. The van der Waals surface area contributed by atoms with Gasteiger partial charge in [0.2, 0.25) is 0 Å². The van der Waals surface area contributed by atoms with Crippen molar-refractivity contribution in [2.24, 2.45) is 0 Å². The molecule has 2 atom stereocenters. The van der Waals surface area contributed by atoms with Gasteiger partial charge in [0.1, 0.15) is 11.9 Å². The van der Waals surface area contributed by atoms with Gasteiger partial charge < -0.3 is 20.5 Å². The van der Waals surface area contributed by atoms with Gasteiger partial charge in [-0.3, -0.25) is 0 Å². The summed E-state index contributed by atoms with van der Waals surface area (Å²) in [5.41, 5.74) is 1.14. The number of aliphatic hydroxyl groups excluding tert-OH is 1. The van der Waals surface area contributed by atoms with Crippen molar-refractivity contribution in [3.05, 3.63) is 29.8 Å². The third kappa shape index (κ3) is 7.56. The minimum absolute atomic E-state index is 0.0464. The van der Waals surface area contributed by atoms with Gasteiger partial charge in [-0.15, -0.1) is 0 Å². The Morgan fingerprint density at radius 3 is 2.81 bits per heavy atom. The van der Waals surface area contributed by atoms with Crippen molar-refractivity contribution < 1.29 is 14.6 Å². The van der Waals surface area contributed by atoms with Crippen LogP contribution in [-0.4, -0.2) is 36.4 Å². The second kappa shape index (κ2) is 9.23. The predicted molar refractivity (Wildman–Crippen MR) is 83.6 cm³/mol. The first kappa shape index (κ1) is 17.3. The fourth-order valence-corrected chi connectivity index (χ4v) is 1.94. The Morgan fingerprint density at radius 1 is 1.38 bits per heavy atom. The predicted octanol–water partition coefficient (Wildman–Crippen LogP) is 2.22. The third-order valence-corrected chi connectivity index (χ3v) is 3.05. The minimum Gasteiger partial charge on any atom is -0.489 e. The molecular weight excluding hydrogens is 268 g/mol. The number of urea groups is 1. The van der Waals surface area contributed by atoms with E-state index in [1.54, 1.807) is 0 Å². The quantitative estimate of drug-likeness (QED) is 0.688. The van der Waals surface area contributed by atoms with E-state index >= 15 is 0 Å². The lowest BCUT2D eigenvalue weighted by Crippen LogP contribution is -2.44. The maximum absolute atomic E-state index is 11.7. The number of aliphatic hydroxyl groups is 1. The van der Waals surface area contributed by atoms with Gasteiger partial charge in [0.15, 0.2) is 0 Å². The molecule has 3 N–H and O–H groups in total. The molecule has 0 heterocycles. The lowest BCUT2D eigenvalue weighted by atomic mass is 10.2. The van der Waals surface area contributed by atoms with Gasteiger partial charge in [-0.05, 0) is 51.3 Å². The molecule has 5 nitrogen and oxygen atoms in total. The van der Waals surface area contributed by atoms with E-state index < -0.39 is 0 Å². The standard InChI is InChI=1S/C16H26N2O3/c1-12-6-4-8-15(10-12)21-14(3)11-17-16(20)18-13(2)7-5-9-19/h4,6,8,10,13-14,19H,5,7,9,11H2,1-3H3,(H2,17,18,20). The van der Waals surface area contributed by atoms with E-state index in [1.807, 2.05) is 45.0 Å². The number of carbonyl (C=O) groups is 1. The molecule has 2 amide bonds. The summed E-state index contributed by atoms with van der Waals surface area (Å²) < 4.78 is 5.74. The zero-order valence-corrected chi connectivity index (χ0v) is 13.1. The number of hydrogen-bond donors (Lipinski definition) is 3. The number of aryl methyl sites for hydroxylation is 1. The minimum atomic E-state index is -0.208. The second-order valence-electron chi connectivity index (χ2n) is 5.37. The van der Waals surface area contributed by atoms with Crippen LogP contribution in [0, 0.1) is 6.92 Å². The van der Waals surface area contributed by atoms with Crippen LogP contribution in [0.2, 0.25) is 0 Å². The van der Waals surface area contributed by atoms with Crippen molar-refractivity contribution in [3.8, 4) is 5.75 Å². The van der Waals surface area contributed by atoms with Crippen molar-refractivity contribution in [1.29, 1.82) is 0 Å². The number of rotatable bonds is 8. The lowest BCUT2D eigenvalue weighted by Gasteiger charge is -2.18. The molecule has 0 saturated heterocycles. The van der Waals surface area contributed by atoms with Crippen LogP contribution in [0.3, 0.4) is 0 Å². The summed E-state index contributed by atoms with van der Waals surface area (Å²) >= 11 is 0. The fraction of sp³-hybridized carbons (Fsp3) is 0.562. The van der Waals surface area contributed by atoms with Crippen molar-refractivity contribution in [3.63, 3.8) is 0 Å². The SMILES string of the molecule is Cc1cccc(OC(C)CNC(=O)NC(C)CCCO)c1. The fourth-order valence-electron chi connectivity index (χ4n) is 1.94.